The molecule has 2 aromatic rings. The van der Waals surface area contributed by atoms with E-state index in [1.807, 2.05) is 0 Å². The fraction of sp³-hybridized carbons (Fsp3) is 0.188. The number of aromatic nitrogens is 2. The molecule has 1 aromatic heterocycles. The van der Waals surface area contributed by atoms with E-state index in [9.17, 15) is 14.4 Å². The SMILES string of the molecule is CC(=O)c1ccc(NC(=O)C(C)OC(=O)c2nccnc2N)cc1. The van der Waals surface area contributed by atoms with Crippen LogP contribution in [0.15, 0.2) is 36.7 Å². The molecule has 24 heavy (non-hydrogen) atoms. The zero-order valence-electron chi connectivity index (χ0n) is 13.1. The number of nitrogens with one attached hydrogen (secondary N) is 1. The highest BCUT2D eigenvalue weighted by Crippen LogP contribution is 2.12. The number of Topliss-reactive ketones (excluding diaryl/α,β-unsaturated/α-hetero) is 1. The number of amides is 1. The van der Waals surface area contributed by atoms with E-state index in [0.717, 1.165) is 0 Å². The van der Waals surface area contributed by atoms with Crippen LogP contribution in [-0.2, 0) is 9.53 Å². The van der Waals surface area contributed by atoms with Crippen LogP contribution >= 0.6 is 0 Å². The predicted octanol–water partition coefficient (Wildman–Crippen LogP) is 1.45. The summed E-state index contributed by atoms with van der Waals surface area (Å²) in [5, 5.41) is 2.58. The summed E-state index contributed by atoms with van der Waals surface area (Å²) >= 11 is 0. The van der Waals surface area contributed by atoms with Gasteiger partial charge in [0.2, 0.25) is 0 Å². The first-order valence-electron chi connectivity index (χ1n) is 7.08. The van der Waals surface area contributed by atoms with Crippen LogP contribution < -0.4 is 11.1 Å². The number of nitrogen functional groups attached to an aromatic ring is 1. The van der Waals surface area contributed by atoms with Gasteiger partial charge in [0.25, 0.3) is 5.91 Å². The average Bonchev–Trinajstić information content (AvgIpc) is 2.55. The number of esters is 1. The minimum absolute atomic E-state index is 0.0725. The second kappa shape index (κ2) is 7.32. The first-order chi connectivity index (χ1) is 11.4. The Morgan fingerprint density at radius 3 is 2.33 bits per heavy atom. The number of nitrogens with zero attached hydrogens (tertiary/aromatic N) is 2. The molecule has 0 bridgehead atoms. The van der Waals surface area contributed by atoms with Crippen LogP contribution in [0.1, 0.15) is 34.7 Å². The maximum absolute atomic E-state index is 12.1. The molecule has 1 amide bonds. The molecule has 0 aliphatic rings. The highest BCUT2D eigenvalue weighted by atomic mass is 16.5. The van der Waals surface area contributed by atoms with E-state index in [1.54, 1.807) is 24.3 Å². The monoisotopic (exact) mass is 328 g/mol. The normalized spacial score (nSPS) is 11.4. The van der Waals surface area contributed by atoms with Crippen molar-refractivity contribution in [2.75, 3.05) is 11.1 Å². The quantitative estimate of drug-likeness (QED) is 0.628. The lowest BCUT2D eigenvalue weighted by molar-refractivity contribution is -0.123. The average molecular weight is 328 g/mol. The largest absolute Gasteiger partial charge is 0.448 e. The number of nitrogens with two attached hydrogens (primary N) is 1. The van der Waals surface area contributed by atoms with E-state index in [0.29, 0.717) is 11.3 Å². The van der Waals surface area contributed by atoms with Crippen LogP contribution in [0.3, 0.4) is 0 Å². The lowest BCUT2D eigenvalue weighted by atomic mass is 10.1. The molecule has 1 heterocycles. The highest BCUT2D eigenvalue weighted by molar-refractivity contribution is 5.99. The maximum Gasteiger partial charge on any atom is 0.361 e. The first-order valence-corrected chi connectivity index (χ1v) is 7.08. The molecule has 3 N–H and O–H groups in total. The van der Waals surface area contributed by atoms with Crippen LogP contribution in [0, 0.1) is 0 Å². The van der Waals surface area contributed by atoms with E-state index < -0.39 is 18.0 Å². The smallest absolute Gasteiger partial charge is 0.361 e. The summed E-state index contributed by atoms with van der Waals surface area (Å²) < 4.78 is 5.03. The van der Waals surface area contributed by atoms with Crippen LogP contribution in [0.2, 0.25) is 0 Å². The van der Waals surface area contributed by atoms with Crippen LogP contribution in [0.25, 0.3) is 0 Å². The van der Waals surface area contributed by atoms with E-state index in [4.69, 9.17) is 10.5 Å². The Bertz CT molecular complexity index is 774. The Kier molecular flexibility index (Phi) is 5.20. The van der Waals surface area contributed by atoms with Crippen LogP contribution in [0.5, 0.6) is 0 Å². The number of anilines is 2. The molecule has 0 radical (unpaired) electrons. The lowest BCUT2D eigenvalue weighted by Gasteiger charge is -2.13. The summed E-state index contributed by atoms with van der Waals surface area (Å²) in [4.78, 5) is 42.7. The topological polar surface area (TPSA) is 124 Å². The van der Waals surface area contributed by atoms with Crippen molar-refractivity contribution in [1.29, 1.82) is 0 Å². The third-order valence-electron chi connectivity index (χ3n) is 3.13. The summed E-state index contributed by atoms with van der Waals surface area (Å²) in [6.07, 6.45) is 1.58. The second-order valence-corrected chi connectivity index (χ2v) is 4.96. The highest BCUT2D eigenvalue weighted by Gasteiger charge is 2.21. The number of ketones is 1. The van der Waals surface area contributed by atoms with Crippen molar-refractivity contribution in [3.8, 4) is 0 Å². The number of carbonyl (C=O) groups excluding carboxylic acids is 3. The maximum atomic E-state index is 12.1. The molecular weight excluding hydrogens is 312 g/mol. The predicted molar refractivity (Wildman–Crippen MR) is 86.4 cm³/mol. The molecule has 124 valence electrons. The van der Waals surface area contributed by atoms with Gasteiger partial charge < -0.3 is 15.8 Å². The van der Waals surface area contributed by atoms with Gasteiger partial charge in [-0.3, -0.25) is 9.59 Å². The molecule has 1 aromatic carbocycles. The standard InChI is InChI=1S/C16H16N4O4/c1-9(21)11-3-5-12(6-4-11)20-15(22)10(2)24-16(23)13-14(17)19-8-7-18-13/h3-8,10H,1-2H3,(H2,17,19)(H,20,22). The second-order valence-electron chi connectivity index (χ2n) is 4.96. The number of ether oxygens (including phenoxy) is 1. The Labute approximate surface area is 138 Å². The third-order valence-corrected chi connectivity index (χ3v) is 3.13. The summed E-state index contributed by atoms with van der Waals surface area (Å²) in [5.41, 5.74) is 6.39. The van der Waals surface area contributed by atoms with Crippen LogP contribution in [0.4, 0.5) is 11.5 Å². The van der Waals surface area contributed by atoms with Crippen molar-refractivity contribution in [3.63, 3.8) is 0 Å². The third kappa shape index (κ3) is 4.13. The summed E-state index contributed by atoms with van der Waals surface area (Å²) in [5.74, 6) is -1.51. The zero-order valence-corrected chi connectivity index (χ0v) is 13.1. The molecule has 1 unspecified atom stereocenters. The summed E-state index contributed by atoms with van der Waals surface area (Å²) in [6.45, 7) is 2.87. The van der Waals surface area contributed by atoms with Crippen molar-refractivity contribution in [2.45, 2.75) is 20.0 Å². The molecule has 8 heteroatoms. The molecule has 0 spiro atoms. The number of hydrogen-bond donors (Lipinski definition) is 2. The first kappa shape index (κ1) is 17.1. The molecule has 1 atom stereocenters. The Balaban J connectivity index is 1.98. The molecule has 8 nitrogen and oxygen atoms in total. The molecule has 0 saturated carbocycles. The van der Waals surface area contributed by atoms with E-state index in [1.165, 1.54) is 26.2 Å². The van der Waals surface area contributed by atoms with E-state index in [-0.39, 0.29) is 17.3 Å². The molecule has 2 rings (SSSR count). The molecule has 0 fully saturated rings. The number of rotatable bonds is 5. The Morgan fingerprint density at radius 2 is 1.75 bits per heavy atom. The fourth-order valence-corrected chi connectivity index (χ4v) is 1.81. The van der Waals surface area contributed by atoms with Gasteiger partial charge in [-0.15, -0.1) is 0 Å². The van der Waals surface area contributed by atoms with Crippen molar-refractivity contribution in [3.05, 3.63) is 47.9 Å². The van der Waals surface area contributed by atoms with Crippen molar-refractivity contribution in [1.82, 2.24) is 9.97 Å². The van der Waals surface area contributed by atoms with Gasteiger partial charge in [0.15, 0.2) is 23.4 Å². The number of carbonyl (C=O) groups is 3. The lowest BCUT2D eigenvalue weighted by Crippen LogP contribution is -2.30. The summed E-state index contributed by atoms with van der Waals surface area (Å²) in [7, 11) is 0. The minimum Gasteiger partial charge on any atom is -0.448 e. The van der Waals surface area contributed by atoms with Gasteiger partial charge in [-0.1, -0.05) is 0 Å². The van der Waals surface area contributed by atoms with Gasteiger partial charge >= 0.3 is 5.97 Å². The molecular formula is C16H16N4O4. The Hall–Kier alpha value is -3.29. The van der Waals surface area contributed by atoms with Crippen molar-refractivity contribution >= 4 is 29.2 Å². The minimum atomic E-state index is -1.06. The van der Waals surface area contributed by atoms with Gasteiger partial charge in [0, 0.05) is 23.6 Å². The number of hydrogen-bond acceptors (Lipinski definition) is 7. The van der Waals surface area contributed by atoms with Gasteiger partial charge in [0.05, 0.1) is 0 Å². The van der Waals surface area contributed by atoms with E-state index >= 15 is 0 Å². The van der Waals surface area contributed by atoms with E-state index in [2.05, 4.69) is 15.3 Å². The van der Waals surface area contributed by atoms with Gasteiger partial charge in [-0.2, -0.15) is 0 Å². The number of benzene rings is 1. The zero-order chi connectivity index (χ0) is 17.7. The van der Waals surface area contributed by atoms with Gasteiger partial charge in [-0.25, -0.2) is 14.8 Å². The van der Waals surface area contributed by atoms with Crippen molar-refractivity contribution in [2.24, 2.45) is 0 Å². The van der Waals surface area contributed by atoms with Crippen molar-refractivity contribution < 1.29 is 19.1 Å². The van der Waals surface area contributed by atoms with Gasteiger partial charge in [-0.05, 0) is 38.1 Å². The molecule has 0 aliphatic heterocycles. The van der Waals surface area contributed by atoms with Crippen LogP contribution in [-0.4, -0.2) is 33.7 Å². The molecule has 0 saturated heterocycles. The van der Waals surface area contributed by atoms with Gasteiger partial charge in [0.1, 0.15) is 0 Å². The summed E-state index contributed by atoms with van der Waals surface area (Å²) in [6, 6.07) is 6.36. The Morgan fingerprint density at radius 1 is 1.12 bits per heavy atom. The molecule has 0 aliphatic carbocycles. The fourth-order valence-electron chi connectivity index (χ4n) is 1.81.